The fraction of sp³-hybridized carbons (Fsp3) is 0.375. The summed E-state index contributed by atoms with van der Waals surface area (Å²) in [5.74, 6) is 0.885. The number of benzene rings is 1. The van der Waals surface area contributed by atoms with E-state index in [0.717, 1.165) is 22.4 Å². The maximum absolute atomic E-state index is 11.7. The van der Waals surface area contributed by atoms with Gasteiger partial charge >= 0.3 is 0 Å². The van der Waals surface area contributed by atoms with Crippen LogP contribution in [0.1, 0.15) is 26.6 Å². The first kappa shape index (κ1) is 14.3. The number of hydrogen-bond acceptors (Lipinski definition) is 2. The number of imidazole rings is 1. The van der Waals surface area contributed by atoms with E-state index in [1.807, 2.05) is 45.0 Å². The molecule has 0 bridgehead atoms. The van der Waals surface area contributed by atoms with Gasteiger partial charge in [-0.3, -0.25) is 4.79 Å². The monoisotopic (exact) mass is 271 g/mol. The topological polar surface area (TPSA) is 46.9 Å². The van der Waals surface area contributed by atoms with Gasteiger partial charge < -0.3 is 9.88 Å². The Morgan fingerprint density at radius 2 is 2.10 bits per heavy atom. The van der Waals surface area contributed by atoms with Crippen molar-refractivity contribution in [2.45, 2.75) is 33.9 Å². The van der Waals surface area contributed by atoms with E-state index in [1.165, 1.54) is 0 Å². The van der Waals surface area contributed by atoms with Crippen LogP contribution in [0.25, 0.3) is 11.0 Å². The summed E-state index contributed by atoms with van der Waals surface area (Å²) in [6, 6.07) is 7.99. The summed E-state index contributed by atoms with van der Waals surface area (Å²) >= 11 is 0. The van der Waals surface area contributed by atoms with Crippen LogP contribution in [0.15, 0.2) is 36.4 Å². The van der Waals surface area contributed by atoms with Crippen LogP contribution in [-0.4, -0.2) is 15.5 Å². The molecule has 1 heterocycles. The zero-order chi connectivity index (χ0) is 14.7. The second-order valence-corrected chi connectivity index (χ2v) is 5.43. The van der Waals surface area contributed by atoms with Gasteiger partial charge in [-0.15, -0.1) is 0 Å². The molecule has 0 saturated heterocycles. The molecule has 4 nitrogen and oxygen atoms in total. The molecule has 0 atom stereocenters. The lowest BCUT2D eigenvalue weighted by atomic mass is 10.2. The molecule has 2 rings (SSSR count). The first-order valence-electron chi connectivity index (χ1n) is 6.85. The molecule has 106 valence electrons. The van der Waals surface area contributed by atoms with E-state index in [1.54, 1.807) is 0 Å². The van der Waals surface area contributed by atoms with Gasteiger partial charge in [0.2, 0.25) is 5.91 Å². The Balaban J connectivity index is 2.31. The van der Waals surface area contributed by atoms with E-state index in [-0.39, 0.29) is 11.8 Å². The Kier molecular flexibility index (Phi) is 4.23. The first-order chi connectivity index (χ1) is 9.49. The van der Waals surface area contributed by atoms with Crippen LogP contribution in [-0.2, 0) is 17.9 Å². The van der Waals surface area contributed by atoms with Gasteiger partial charge in [0.15, 0.2) is 0 Å². The molecule has 1 amide bonds. The molecule has 0 saturated carbocycles. The van der Waals surface area contributed by atoms with Gasteiger partial charge in [-0.05, 0) is 19.1 Å². The number of rotatable bonds is 5. The number of hydrogen-bond donors (Lipinski definition) is 1. The molecule has 2 aromatic rings. The van der Waals surface area contributed by atoms with Gasteiger partial charge in [0.1, 0.15) is 5.82 Å². The highest BCUT2D eigenvalue weighted by Crippen LogP contribution is 2.17. The van der Waals surface area contributed by atoms with Crippen molar-refractivity contribution in [2.75, 3.05) is 0 Å². The lowest BCUT2D eigenvalue weighted by Gasteiger charge is -2.11. The number of nitrogens with one attached hydrogen (secondary N) is 1. The third-order valence-corrected chi connectivity index (χ3v) is 3.11. The number of carbonyl (C=O) groups excluding carboxylic acids is 1. The van der Waals surface area contributed by atoms with Crippen molar-refractivity contribution in [3.05, 3.63) is 42.2 Å². The average molecular weight is 271 g/mol. The van der Waals surface area contributed by atoms with Crippen LogP contribution in [0.3, 0.4) is 0 Å². The van der Waals surface area contributed by atoms with Crippen molar-refractivity contribution in [1.29, 1.82) is 0 Å². The number of aromatic nitrogens is 2. The number of amides is 1. The van der Waals surface area contributed by atoms with Crippen LogP contribution >= 0.6 is 0 Å². The van der Waals surface area contributed by atoms with Crippen LogP contribution < -0.4 is 5.32 Å². The minimum Gasteiger partial charge on any atom is -0.349 e. The normalized spacial score (nSPS) is 11.0. The summed E-state index contributed by atoms with van der Waals surface area (Å²) < 4.78 is 2.11. The van der Waals surface area contributed by atoms with Crippen LogP contribution in [0.2, 0.25) is 0 Å². The van der Waals surface area contributed by atoms with E-state index in [0.29, 0.717) is 13.1 Å². The molecule has 0 unspecified atom stereocenters. The standard InChI is InChI=1S/C16H21N3O/c1-11(2)10-19-14-8-6-5-7-13(14)18-15(19)9-17-16(20)12(3)4/h5-8,12H,1,9-10H2,2-4H3,(H,17,20). The molecule has 0 fully saturated rings. The maximum Gasteiger partial charge on any atom is 0.222 e. The van der Waals surface area contributed by atoms with Gasteiger partial charge in [0, 0.05) is 12.5 Å². The predicted molar refractivity (Wildman–Crippen MR) is 81.2 cm³/mol. The molecular formula is C16H21N3O. The second kappa shape index (κ2) is 5.90. The molecule has 4 heteroatoms. The summed E-state index contributed by atoms with van der Waals surface area (Å²) in [6.45, 7) is 10.9. The molecule has 0 spiro atoms. The largest absolute Gasteiger partial charge is 0.349 e. The van der Waals surface area contributed by atoms with Crippen molar-refractivity contribution in [1.82, 2.24) is 14.9 Å². The molecule has 0 aliphatic rings. The van der Waals surface area contributed by atoms with Crippen molar-refractivity contribution in [3.8, 4) is 0 Å². The Morgan fingerprint density at radius 1 is 1.40 bits per heavy atom. The molecule has 1 N–H and O–H groups in total. The highest BCUT2D eigenvalue weighted by molar-refractivity contribution is 5.78. The summed E-state index contributed by atoms with van der Waals surface area (Å²) in [5, 5.41) is 2.92. The zero-order valence-corrected chi connectivity index (χ0v) is 12.3. The molecule has 0 radical (unpaired) electrons. The van der Waals surface area contributed by atoms with Gasteiger partial charge in [-0.2, -0.15) is 0 Å². The minimum atomic E-state index is -0.0195. The van der Waals surface area contributed by atoms with Crippen molar-refractivity contribution >= 4 is 16.9 Å². The van der Waals surface area contributed by atoms with E-state index >= 15 is 0 Å². The van der Waals surface area contributed by atoms with Gasteiger partial charge in [0.25, 0.3) is 0 Å². The third-order valence-electron chi connectivity index (χ3n) is 3.11. The molecule has 0 aliphatic carbocycles. The molecular weight excluding hydrogens is 250 g/mol. The number of carbonyl (C=O) groups is 1. The lowest BCUT2D eigenvalue weighted by molar-refractivity contribution is -0.124. The lowest BCUT2D eigenvalue weighted by Crippen LogP contribution is -2.28. The number of fused-ring (bicyclic) bond motifs is 1. The Hall–Kier alpha value is -2.10. The first-order valence-corrected chi connectivity index (χ1v) is 6.85. The smallest absolute Gasteiger partial charge is 0.222 e. The fourth-order valence-corrected chi connectivity index (χ4v) is 2.08. The van der Waals surface area contributed by atoms with Crippen LogP contribution in [0.4, 0.5) is 0 Å². The van der Waals surface area contributed by atoms with E-state index < -0.39 is 0 Å². The van der Waals surface area contributed by atoms with Gasteiger partial charge in [-0.1, -0.05) is 38.1 Å². The second-order valence-electron chi connectivity index (χ2n) is 5.43. The number of nitrogens with zero attached hydrogens (tertiary/aromatic N) is 2. The third kappa shape index (κ3) is 3.07. The highest BCUT2D eigenvalue weighted by atomic mass is 16.1. The number of allylic oxidation sites excluding steroid dienone is 1. The van der Waals surface area contributed by atoms with Crippen LogP contribution in [0, 0.1) is 5.92 Å². The van der Waals surface area contributed by atoms with E-state index in [4.69, 9.17) is 0 Å². The minimum absolute atomic E-state index is 0.0195. The average Bonchev–Trinajstić information content (AvgIpc) is 2.73. The van der Waals surface area contributed by atoms with Crippen molar-refractivity contribution in [3.63, 3.8) is 0 Å². The SMILES string of the molecule is C=C(C)Cn1c(CNC(=O)C(C)C)nc2ccccc21. The Bertz CT molecular complexity index is 640. The highest BCUT2D eigenvalue weighted by Gasteiger charge is 2.12. The summed E-state index contributed by atoms with van der Waals surface area (Å²) in [4.78, 5) is 16.3. The quantitative estimate of drug-likeness (QED) is 0.850. The summed E-state index contributed by atoms with van der Waals surface area (Å²) in [6.07, 6.45) is 0. The molecule has 0 aliphatic heterocycles. The van der Waals surface area contributed by atoms with E-state index in [9.17, 15) is 4.79 Å². The van der Waals surface area contributed by atoms with Crippen LogP contribution in [0.5, 0.6) is 0 Å². The van der Waals surface area contributed by atoms with Crippen molar-refractivity contribution < 1.29 is 4.79 Å². The Labute approximate surface area is 119 Å². The predicted octanol–water partition coefficient (Wildman–Crippen LogP) is 2.88. The van der Waals surface area contributed by atoms with E-state index in [2.05, 4.69) is 21.4 Å². The summed E-state index contributed by atoms with van der Waals surface area (Å²) in [5.41, 5.74) is 3.08. The maximum atomic E-state index is 11.7. The zero-order valence-electron chi connectivity index (χ0n) is 12.3. The van der Waals surface area contributed by atoms with Gasteiger partial charge in [-0.25, -0.2) is 4.98 Å². The fourth-order valence-electron chi connectivity index (χ4n) is 2.08. The Morgan fingerprint density at radius 3 is 2.75 bits per heavy atom. The van der Waals surface area contributed by atoms with Crippen molar-refractivity contribution in [2.24, 2.45) is 5.92 Å². The number of para-hydroxylation sites is 2. The summed E-state index contributed by atoms with van der Waals surface area (Å²) in [7, 11) is 0. The molecule has 20 heavy (non-hydrogen) atoms. The molecule has 1 aromatic heterocycles. The van der Waals surface area contributed by atoms with Gasteiger partial charge in [0.05, 0.1) is 17.6 Å². The molecule has 1 aromatic carbocycles.